The maximum absolute atomic E-state index is 3.66. The smallest absolute Gasteiger partial charge is 0.0596 e. The maximum atomic E-state index is 3.66. The SMILES string of the molecule is C=N/N=C(C)\C=C/C. The third-order valence-corrected chi connectivity index (χ3v) is 0.636. The van der Waals surface area contributed by atoms with Crippen molar-refractivity contribution in [2.75, 3.05) is 0 Å². The van der Waals surface area contributed by atoms with E-state index in [0.717, 1.165) is 5.71 Å². The Labute approximate surface area is 49.6 Å². The first kappa shape index (κ1) is 7.08. The molecule has 2 heteroatoms. The molecule has 0 spiro atoms. The number of nitrogens with zero attached hydrogens (tertiary/aromatic N) is 2. The molecule has 0 fully saturated rings. The van der Waals surface area contributed by atoms with Crippen molar-refractivity contribution in [3.05, 3.63) is 12.2 Å². The fourth-order valence-electron chi connectivity index (χ4n) is 0.386. The summed E-state index contributed by atoms with van der Waals surface area (Å²) in [7, 11) is 0. The highest BCUT2D eigenvalue weighted by Gasteiger charge is 1.74. The summed E-state index contributed by atoms with van der Waals surface area (Å²) in [5, 5.41) is 7.00. The van der Waals surface area contributed by atoms with Gasteiger partial charge in [0.1, 0.15) is 0 Å². The minimum Gasteiger partial charge on any atom is -0.167 e. The second-order valence-electron chi connectivity index (χ2n) is 1.38. The molecule has 0 amide bonds. The lowest BCUT2D eigenvalue weighted by Crippen LogP contribution is -1.79. The predicted molar refractivity (Wildman–Crippen MR) is 37.5 cm³/mol. The van der Waals surface area contributed by atoms with Gasteiger partial charge in [0, 0.05) is 6.72 Å². The van der Waals surface area contributed by atoms with Crippen LogP contribution in [0.2, 0.25) is 0 Å². The largest absolute Gasteiger partial charge is 0.167 e. The van der Waals surface area contributed by atoms with Gasteiger partial charge in [-0.1, -0.05) is 6.08 Å². The summed E-state index contributed by atoms with van der Waals surface area (Å²) in [6.07, 6.45) is 3.78. The van der Waals surface area contributed by atoms with E-state index >= 15 is 0 Å². The Balaban J connectivity index is 3.79. The highest BCUT2D eigenvalue weighted by Crippen LogP contribution is 1.79. The predicted octanol–water partition coefficient (Wildman–Crippen LogP) is 1.64. The van der Waals surface area contributed by atoms with Crippen molar-refractivity contribution in [2.24, 2.45) is 10.2 Å². The molecule has 0 aromatic carbocycles. The van der Waals surface area contributed by atoms with Crippen LogP contribution in [-0.2, 0) is 0 Å². The van der Waals surface area contributed by atoms with Crippen LogP contribution in [0.4, 0.5) is 0 Å². The first-order valence-electron chi connectivity index (χ1n) is 2.44. The normalized spacial score (nSPS) is 12.5. The van der Waals surface area contributed by atoms with Crippen LogP contribution in [0, 0.1) is 0 Å². The van der Waals surface area contributed by atoms with Crippen LogP contribution in [-0.4, -0.2) is 12.4 Å². The minimum absolute atomic E-state index is 0.877. The maximum Gasteiger partial charge on any atom is 0.0596 e. The van der Waals surface area contributed by atoms with E-state index in [4.69, 9.17) is 0 Å². The molecule has 44 valence electrons. The van der Waals surface area contributed by atoms with Gasteiger partial charge in [0.15, 0.2) is 0 Å². The lowest BCUT2D eigenvalue weighted by Gasteiger charge is -1.80. The van der Waals surface area contributed by atoms with Crippen LogP contribution < -0.4 is 0 Å². The highest BCUT2D eigenvalue weighted by molar-refractivity contribution is 5.92. The molecule has 0 N–H and O–H groups in total. The zero-order valence-electron chi connectivity index (χ0n) is 5.26. The first-order valence-corrected chi connectivity index (χ1v) is 2.44. The standard InChI is InChI=1S/C6H10N2/c1-4-5-6(2)8-7-3/h4-5H,3H2,1-2H3/b5-4-,8-6-. The lowest BCUT2D eigenvalue weighted by molar-refractivity contribution is 1.26. The van der Waals surface area contributed by atoms with E-state index in [9.17, 15) is 0 Å². The average molecular weight is 110 g/mol. The van der Waals surface area contributed by atoms with Crippen LogP contribution in [0.25, 0.3) is 0 Å². The average Bonchev–Trinajstić information content (AvgIpc) is 1.68. The fourth-order valence-corrected chi connectivity index (χ4v) is 0.386. The van der Waals surface area contributed by atoms with Gasteiger partial charge in [0.05, 0.1) is 5.71 Å². The minimum atomic E-state index is 0.877. The third kappa shape index (κ3) is 3.28. The summed E-state index contributed by atoms with van der Waals surface area (Å²) in [6, 6.07) is 0. The van der Waals surface area contributed by atoms with Gasteiger partial charge in [-0.2, -0.15) is 10.2 Å². The molecule has 0 saturated carbocycles. The van der Waals surface area contributed by atoms with E-state index < -0.39 is 0 Å². The van der Waals surface area contributed by atoms with Gasteiger partial charge in [-0.05, 0) is 19.9 Å². The van der Waals surface area contributed by atoms with Crippen molar-refractivity contribution in [1.29, 1.82) is 0 Å². The van der Waals surface area contributed by atoms with E-state index in [1.807, 2.05) is 26.0 Å². The van der Waals surface area contributed by atoms with Gasteiger partial charge >= 0.3 is 0 Å². The molecule has 0 rings (SSSR count). The van der Waals surface area contributed by atoms with Gasteiger partial charge in [0.25, 0.3) is 0 Å². The quantitative estimate of drug-likeness (QED) is 0.381. The Morgan fingerprint density at radius 2 is 2.25 bits per heavy atom. The molecule has 8 heavy (non-hydrogen) atoms. The first-order chi connectivity index (χ1) is 3.81. The number of hydrogen-bond donors (Lipinski definition) is 0. The molecule has 0 aromatic heterocycles. The van der Waals surface area contributed by atoms with E-state index in [0.29, 0.717) is 0 Å². The summed E-state index contributed by atoms with van der Waals surface area (Å²) < 4.78 is 0. The molecular formula is C6H10N2. The van der Waals surface area contributed by atoms with Gasteiger partial charge in [0.2, 0.25) is 0 Å². The van der Waals surface area contributed by atoms with Crippen LogP contribution >= 0.6 is 0 Å². The fraction of sp³-hybridized carbons (Fsp3) is 0.333. The van der Waals surface area contributed by atoms with E-state index in [1.165, 1.54) is 0 Å². The molecule has 0 atom stereocenters. The Bertz CT molecular complexity index is 122. The Morgan fingerprint density at radius 3 is 2.62 bits per heavy atom. The second-order valence-corrected chi connectivity index (χ2v) is 1.38. The van der Waals surface area contributed by atoms with Crippen LogP contribution in [0.5, 0.6) is 0 Å². The Morgan fingerprint density at radius 1 is 1.62 bits per heavy atom. The van der Waals surface area contributed by atoms with Gasteiger partial charge in [-0.15, -0.1) is 0 Å². The summed E-state index contributed by atoms with van der Waals surface area (Å²) in [5.41, 5.74) is 0.877. The monoisotopic (exact) mass is 110 g/mol. The zero-order chi connectivity index (χ0) is 6.41. The molecule has 0 bridgehead atoms. The summed E-state index contributed by atoms with van der Waals surface area (Å²) in [6.45, 7) is 7.01. The number of rotatable bonds is 2. The van der Waals surface area contributed by atoms with Crippen molar-refractivity contribution in [3.8, 4) is 0 Å². The molecule has 2 nitrogen and oxygen atoms in total. The second kappa shape index (κ2) is 4.24. The molecule has 0 aliphatic rings. The van der Waals surface area contributed by atoms with Gasteiger partial charge in [-0.3, -0.25) is 0 Å². The lowest BCUT2D eigenvalue weighted by atomic mass is 10.4. The molecule has 0 unspecified atom stereocenters. The molecule has 0 aromatic rings. The van der Waals surface area contributed by atoms with Gasteiger partial charge < -0.3 is 0 Å². The molecular weight excluding hydrogens is 100 g/mol. The van der Waals surface area contributed by atoms with Crippen LogP contribution in [0.15, 0.2) is 22.4 Å². The van der Waals surface area contributed by atoms with E-state index in [1.54, 1.807) is 0 Å². The highest BCUT2D eigenvalue weighted by atomic mass is 15.2. The Kier molecular flexibility index (Phi) is 3.76. The summed E-state index contributed by atoms with van der Waals surface area (Å²) >= 11 is 0. The van der Waals surface area contributed by atoms with Gasteiger partial charge in [-0.25, -0.2) is 0 Å². The van der Waals surface area contributed by atoms with Crippen molar-refractivity contribution in [1.82, 2.24) is 0 Å². The molecule has 0 aliphatic carbocycles. The third-order valence-electron chi connectivity index (χ3n) is 0.636. The molecule has 0 radical (unpaired) electrons. The van der Waals surface area contributed by atoms with E-state index in [2.05, 4.69) is 16.9 Å². The van der Waals surface area contributed by atoms with Crippen molar-refractivity contribution in [2.45, 2.75) is 13.8 Å². The van der Waals surface area contributed by atoms with Crippen LogP contribution in [0.1, 0.15) is 13.8 Å². The number of allylic oxidation sites excluding steroid dienone is 2. The summed E-state index contributed by atoms with van der Waals surface area (Å²) in [4.78, 5) is 0. The zero-order valence-corrected chi connectivity index (χ0v) is 5.26. The van der Waals surface area contributed by atoms with E-state index in [-0.39, 0.29) is 0 Å². The van der Waals surface area contributed by atoms with Crippen molar-refractivity contribution >= 4 is 12.4 Å². The van der Waals surface area contributed by atoms with Crippen LogP contribution in [0.3, 0.4) is 0 Å². The van der Waals surface area contributed by atoms with Crippen molar-refractivity contribution < 1.29 is 0 Å². The Hall–Kier alpha value is -0.920. The van der Waals surface area contributed by atoms with Crippen molar-refractivity contribution in [3.63, 3.8) is 0 Å². The summed E-state index contributed by atoms with van der Waals surface area (Å²) in [5.74, 6) is 0. The molecule has 0 saturated heterocycles. The molecule has 0 aliphatic heterocycles. The molecule has 0 heterocycles. The number of hydrogen-bond acceptors (Lipinski definition) is 2. The topological polar surface area (TPSA) is 24.7 Å².